The largest absolute Gasteiger partial charge is 0.385 e. The molecule has 2 amide bonds. The summed E-state index contributed by atoms with van der Waals surface area (Å²) in [4.78, 5) is 56.6. The molecule has 0 aliphatic carbocycles. The number of H-pyrrole nitrogens is 1. The number of amides is 2. The molecule has 3 N–H and O–H groups in total. The van der Waals surface area contributed by atoms with Crippen LogP contribution in [0.2, 0.25) is 5.02 Å². The zero-order chi connectivity index (χ0) is 25.0. The van der Waals surface area contributed by atoms with E-state index in [-0.39, 0.29) is 49.4 Å². The van der Waals surface area contributed by atoms with Crippen LogP contribution in [0.3, 0.4) is 0 Å². The minimum atomic E-state index is -0.746. The molecular formula is C23H30ClN5O5. The quantitative estimate of drug-likeness (QED) is 0.515. The number of hydrogen-bond acceptors (Lipinski definition) is 6. The van der Waals surface area contributed by atoms with Crippen molar-refractivity contribution >= 4 is 40.6 Å². The van der Waals surface area contributed by atoms with Crippen LogP contribution in [0.15, 0.2) is 33.9 Å². The summed E-state index contributed by atoms with van der Waals surface area (Å²) >= 11 is 6.06. The lowest BCUT2D eigenvalue weighted by atomic mass is 10.1. The van der Waals surface area contributed by atoms with E-state index in [0.717, 1.165) is 0 Å². The van der Waals surface area contributed by atoms with Gasteiger partial charge in [-0.15, -0.1) is 0 Å². The van der Waals surface area contributed by atoms with Gasteiger partial charge >= 0.3 is 5.69 Å². The van der Waals surface area contributed by atoms with Crippen LogP contribution in [0.4, 0.5) is 17.2 Å². The number of aromatic nitrogens is 2. The van der Waals surface area contributed by atoms with E-state index in [1.54, 1.807) is 24.3 Å². The number of rotatable bonds is 9. The van der Waals surface area contributed by atoms with Crippen LogP contribution in [-0.2, 0) is 20.9 Å². The van der Waals surface area contributed by atoms with Crippen molar-refractivity contribution in [1.29, 1.82) is 0 Å². The van der Waals surface area contributed by atoms with Gasteiger partial charge in [-0.05, 0) is 30.5 Å². The maximum Gasteiger partial charge on any atom is 0.330 e. The first-order valence-electron chi connectivity index (χ1n) is 11.1. The molecule has 0 spiro atoms. The predicted molar refractivity (Wildman–Crippen MR) is 131 cm³/mol. The van der Waals surface area contributed by atoms with Crippen molar-refractivity contribution in [1.82, 2.24) is 9.55 Å². The number of nitrogens with zero attached hydrogens (tertiary/aromatic N) is 3. The number of anilines is 3. The van der Waals surface area contributed by atoms with Gasteiger partial charge in [0.2, 0.25) is 11.8 Å². The monoisotopic (exact) mass is 491 g/mol. The maximum atomic E-state index is 13.6. The fourth-order valence-corrected chi connectivity index (χ4v) is 4.26. The Hall–Kier alpha value is -3.11. The highest BCUT2D eigenvalue weighted by atomic mass is 35.5. The molecule has 1 saturated heterocycles. The number of nitrogen functional groups attached to an aromatic ring is 1. The molecule has 1 atom stereocenters. The van der Waals surface area contributed by atoms with Gasteiger partial charge in [-0.25, -0.2) is 4.79 Å². The zero-order valence-corrected chi connectivity index (χ0v) is 20.3. The molecule has 11 heteroatoms. The van der Waals surface area contributed by atoms with E-state index >= 15 is 0 Å². The second-order valence-electron chi connectivity index (χ2n) is 8.72. The Morgan fingerprint density at radius 1 is 1.32 bits per heavy atom. The molecule has 0 bridgehead atoms. The van der Waals surface area contributed by atoms with Gasteiger partial charge in [0.15, 0.2) is 5.69 Å². The van der Waals surface area contributed by atoms with Crippen molar-refractivity contribution in [3.05, 3.63) is 50.1 Å². The van der Waals surface area contributed by atoms with E-state index in [1.807, 2.05) is 13.8 Å². The molecule has 0 radical (unpaired) electrons. The molecule has 1 aliphatic rings. The summed E-state index contributed by atoms with van der Waals surface area (Å²) in [6.07, 6.45) is 0.415. The number of carbonyl (C=O) groups is 2. The minimum absolute atomic E-state index is 0.0183. The molecule has 1 aromatic heterocycles. The van der Waals surface area contributed by atoms with Gasteiger partial charge in [-0.1, -0.05) is 31.5 Å². The number of methoxy groups -OCH3 is 1. The third kappa shape index (κ3) is 5.51. The average molecular weight is 492 g/mol. The molecule has 10 nitrogen and oxygen atoms in total. The second-order valence-corrected chi connectivity index (χ2v) is 9.16. The Morgan fingerprint density at radius 2 is 2.06 bits per heavy atom. The lowest BCUT2D eigenvalue weighted by Gasteiger charge is -2.27. The first-order chi connectivity index (χ1) is 16.1. The number of carbonyl (C=O) groups excluding carboxylic acids is 2. The van der Waals surface area contributed by atoms with Crippen molar-refractivity contribution in [3.63, 3.8) is 0 Å². The smallest absolute Gasteiger partial charge is 0.330 e. The van der Waals surface area contributed by atoms with Crippen LogP contribution in [-0.4, -0.2) is 48.2 Å². The SMILES string of the molecule is COCCCN(C(=O)C1CC(=O)N(c2cccc(Cl)c2)C1)c1c(N)n(CC(C)C)c(=O)[nH]c1=O. The average Bonchev–Trinajstić information content (AvgIpc) is 3.16. The second kappa shape index (κ2) is 10.9. The van der Waals surface area contributed by atoms with Crippen molar-refractivity contribution in [3.8, 4) is 0 Å². The topological polar surface area (TPSA) is 131 Å². The molecule has 1 aromatic carbocycles. The van der Waals surface area contributed by atoms with Gasteiger partial charge in [0.25, 0.3) is 5.56 Å². The minimum Gasteiger partial charge on any atom is -0.385 e. The number of hydrogen-bond donors (Lipinski definition) is 2. The molecule has 3 rings (SSSR count). The highest BCUT2D eigenvalue weighted by Gasteiger charge is 2.39. The van der Waals surface area contributed by atoms with E-state index in [2.05, 4.69) is 4.98 Å². The number of benzene rings is 1. The maximum absolute atomic E-state index is 13.6. The lowest BCUT2D eigenvalue weighted by Crippen LogP contribution is -2.45. The van der Waals surface area contributed by atoms with E-state index < -0.39 is 23.1 Å². The molecule has 2 aromatic rings. The summed E-state index contributed by atoms with van der Waals surface area (Å²) in [5, 5.41) is 0.480. The van der Waals surface area contributed by atoms with E-state index in [4.69, 9.17) is 22.1 Å². The molecule has 1 aliphatic heterocycles. The Kier molecular flexibility index (Phi) is 8.16. The molecule has 2 heterocycles. The summed E-state index contributed by atoms with van der Waals surface area (Å²) in [6, 6.07) is 6.84. The van der Waals surface area contributed by atoms with Crippen LogP contribution in [0.25, 0.3) is 0 Å². The van der Waals surface area contributed by atoms with Gasteiger partial charge in [0.1, 0.15) is 5.82 Å². The number of nitrogens with one attached hydrogen (secondary N) is 1. The lowest BCUT2D eigenvalue weighted by molar-refractivity contribution is -0.124. The summed E-state index contributed by atoms with van der Waals surface area (Å²) in [5.41, 5.74) is 5.40. The third-order valence-corrected chi connectivity index (χ3v) is 5.86. The standard InChI is InChI=1S/C23H30ClN5O5/c1-14(2)12-29-20(25)19(21(31)26-23(29)33)27(8-5-9-34-3)22(32)15-10-18(30)28(13-15)17-7-4-6-16(24)11-17/h4,6-7,11,14-15H,5,8-10,12-13,25H2,1-3H3,(H,26,31,33). The highest BCUT2D eigenvalue weighted by molar-refractivity contribution is 6.31. The van der Waals surface area contributed by atoms with E-state index in [0.29, 0.717) is 23.7 Å². The van der Waals surface area contributed by atoms with Crippen LogP contribution >= 0.6 is 11.6 Å². The number of nitrogens with two attached hydrogens (primary N) is 1. The van der Waals surface area contributed by atoms with Gasteiger partial charge in [0, 0.05) is 50.5 Å². The number of aromatic amines is 1. The van der Waals surface area contributed by atoms with Crippen molar-refractivity contribution in [2.45, 2.75) is 33.2 Å². The van der Waals surface area contributed by atoms with Gasteiger partial charge in [-0.3, -0.25) is 23.9 Å². The number of ether oxygens (including phenoxy) is 1. The molecule has 0 saturated carbocycles. The molecule has 184 valence electrons. The molecular weight excluding hydrogens is 462 g/mol. The van der Waals surface area contributed by atoms with Crippen LogP contribution in [0.1, 0.15) is 26.7 Å². The first-order valence-corrected chi connectivity index (χ1v) is 11.5. The number of halogens is 1. The molecule has 34 heavy (non-hydrogen) atoms. The van der Waals surface area contributed by atoms with Gasteiger partial charge in [-0.2, -0.15) is 0 Å². The van der Waals surface area contributed by atoms with E-state index in [9.17, 15) is 19.2 Å². The zero-order valence-electron chi connectivity index (χ0n) is 19.5. The van der Waals surface area contributed by atoms with Crippen LogP contribution < -0.4 is 26.8 Å². The van der Waals surface area contributed by atoms with Crippen molar-refractivity contribution < 1.29 is 14.3 Å². The summed E-state index contributed by atoms with van der Waals surface area (Å²) in [6.45, 7) is 4.73. The summed E-state index contributed by atoms with van der Waals surface area (Å²) < 4.78 is 6.37. The highest BCUT2D eigenvalue weighted by Crippen LogP contribution is 2.30. The molecule has 1 fully saturated rings. The third-order valence-electron chi connectivity index (χ3n) is 5.62. The van der Waals surface area contributed by atoms with Crippen molar-refractivity contribution in [2.24, 2.45) is 11.8 Å². The Bertz CT molecular complexity index is 1180. The molecule has 1 unspecified atom stereocenters. The predicted octanol–water partition coefficient (Wildman–Crippen LogP) is 1.85. The van der Waals surface area contributed by atoms with Crippen molar-refractivity contribution in [2.75, 3.05) is 42.3 Å². The van der Waals surface area contributed by atoms with Gasteiger partial charge in [0.05, 0.1) is 5.92 Å². The summed E-state index contributed by atoms with van der Waals surface area (Å²) in [7, 11) is 1.54. The Morgan fingerprint density at radius 3 is 2.71 bits per heavy atom. The summed E-state index contributed by atoms with van der Waals surface area (Å²) in [5.74, 6) is -1.33. The first kappa shape index (κ1) is 25.5. The van der Waals surface area contributed by atoms with E-state index in [1.165, 1.54) is 21.5 Å². The van der Waals surface area contributed by atoms with Crippen LogP contribution in [0.5, 0.6) is 0 Å². The normalized spacial score (nSPS) is 15.9. The van der Waals surface area contributed by atoms with Gasteiger partial charge < -0.3 is 20.3 Å². The van der Waals surface area contributed by atoms with Crippen LogP contribution in [0, 0.1) is 11.8 Å². The Labute approximate surface area is 202 Å². The Balaban J connectivity index is 1.97. The fourth-order valence-electron chi connectivity index (χ4n) is 4.07. The fraction of sp³-hybridized carbons (Fsp3) is 0.478.